The first-order valence-corrected chi connectivity index (χ1v) is 5.89. The van der Waals surface area contributed by atoms with Gasteiger partial charge in [0.05, 0.1) is 11.4 Å². The highest BCUT2D eigenvalue weighted by molar-refractivity contribution is 7.12. The molecule has 86 valence electrons. The zero-order chi connectivity index (χ0) is 11.4. The van der Waals surface area contributed by atoms with Crippen molar-refractivity contribution in [2.45, 2.75) is 0 Å². The minimum atomic E-state index is -0.301. The van der Waals surface area contributed by atoms with Crippen LogP contribution in [0.4, 0.5) is 4.79 Å². The van der Waals surface area contributed by atoms with E-state index in [0.717, 1.165) is 0 Å². The van der Waals surface area contributed by atoms with Crippen LogP contribution in [0.2, 0.25) is 0 Å². The monoisotopic (exact) mass is 240 g/mol. The van der Waals surface area contributed by atoms with Gasteiger partial charge < -0.3 is 15.0 Å². The van der Waals surface area contributed by atoms with Crippen molar-refractivity contribution in [3.8, 4) is 0 Å². The smallest absolute Gasteiger partial charge is 0.409 e. The number of nitrogens with one attached hydrogen (secondary N) is 1. The van der Waals surface area contributed by atoms with Gasteiger partial charge in [0.25, 0.3) is 5.91 Å². The van der Waals surface area contributed by atoms with Crippen LogP contribution in [0.5, 0.6) is 0 Å². The molecule has 0 saturated carbocycles. The minimum absolute atomic E-state index is 0.0948. The van der Waals surface area contributed by atoms with Gasteiger partial charge in [-0.15, -0.1) is 11.3 Å². The Labute approximate surface area is 97.0 Å². The van der Waals surface area contributed by atoms with E-state index in [0.29, 0.717) is 31.1 Å². The molecule has 2 heterocycles. The summed E-state index contributed by atoms with van der Waals surface area (Å²) in [5.74, 6) is -0.0948. The van der Waals surface area contributed by atoms with E-state index in [-0.39, 0.29) is 12.0 Å². The highest BCUT2D eigenvalue weighted by atomic mass is 32.1. The predicted molar refractivity (Wildman–Crippen MR) is 59.6 cm³/mol. The Morgan fingerprint density at radius 3 is 3.12 bits per heavy atom. The van der Waals surface area contributed by atoms with E-state index in [2.05, 4.69) is 5.32 Å². The summed E-state index contributed by atoms with van der Waals surface area (Å²) >= 11 is 1.40. The molecule has 0 unspecified atom stereocenters. The van der Waals surface area contributed by atoms with Crippen LogP contribution in [0.3, 0.4) is 0 Å². The molecule has 16 heavy (non-hydrogen) atoms. The lowest BCUT2D eigenvalue weighted by molar-refractivity contribution is 0.0953. The number of carbonyl (C=O) groups is 2. The SMILES string of the molecule is O=C(NCCN1CCOC1=O)c1cccs1. The average Bonchev–Trinajstić information content (AvgIpc) is 2.90. The van der Waals surface area contributed by atoms with Crippen LogP contribution in [0.1, 0.15) is 9.67 Å². The third-order valence-electron chi connectivity index (χ3n) is 2.26. The summed E-state index contributed by atoms with van der Waals surface area (Å²) in [6.07, 6.45) is -0.301. The normalized spacial score (nSPS) is 15.0. The fourth-order valence-corrected chi connectivity index (χ4v) is 2.07. The van der Waals surface area contributed by atoms with Gasteiger partial charge in [0.1, 0.15) is 6.61 Å². The van der Waals surface area contributed by atoms with Crippen molar-refractivity contribution >= 4 is 23.3 Å². The Morgan fingerprint density at radius 2 is 2.50 bits per heavy atom. The summed E-state index contributed by atoms with van der Waals surface area (Å²) in [5.41, 5.74) is 0. The second-order valence-corrected chi connectivity index (χ2v) is 4.28. The molecular formula is C10H12N2O3S. The van der Waals surface area contributed by atoms with Gasteiger partial charge in [-0.1, -0.05) is 6.07 Å². The minimum Gasteiger partial charge on any atom is -0.448 e. The van der Waals surface area contributed by atoms with E-state index in [1.807, 2.05) is 11.4 Å². The summed E-state index contributed by atoms with van der Waals surface area (Å²) in [6, 6.07) is 3.60. The van der Waals surface area contributed by atoms with Crippen LogP contribution in [-0.2, 0) is 4.74 Å². The van der Waals surface area contributed by atoms with Gasteiger partial charge >= 0.3 is 6.09 Å². The lowest BCUT2D eigenvalue weighted by Crippen LogP contribution is -2.35. The van der Waals surface area contributed by atoms with Gasteiger partial charge in [0.15, 0.2) is 0 Å². The van der Waals surface area contributed by atoms with Gasteiger partial charge in [-0.3, -0.25) is 4.79 Å². The van der Waals surface area contributed by atoms with Crippen molar-refractivity contribution in [2.75, 3.05) is 26.2 Å². The van der Waals surface area contributed by atoms with E-state index < -0.39 is 0 Å². The van der Waals surface area contributed by atoms with Crippen LogP contribution in [0.25, 0.3) is 0 Å². The molecule has 1 fully saturated rings. The third kappa shape index (κ3) is 2.52. The topological polar surface area (TPSA) is 58.6 Å². The largest absolute Gasteiger partial charge is 0.448 e. The molecule has 2 amide bonds. The lowest BCUT2D eigenvalue weighted by atomic mass is 10.4. The Bertz CT molecular complexity index is 377. The standard InChI is InChI=1S/C10H12N2O3S/c13-9(8-2-1-7-16-8)11-3-4-12-5-6-15-10(12)14/h1-2,7H,3-6H2,(H,11,13). The number of amides is 2. The number of rotatable bonds is 4. The first kappa shape index (κ1) is 10.9. The maximum Gasteiger partial charge on any atom is 0.409 e. The third-order valence-corrected chi connectivity index (χ3v) is 3.13. The Kier molecular flexibility index (Phi) is 3.40. The molecule has 0 spiro atoms. The van der Waals surface area contributed by atoms with Gasteiger partial charge in [-0.05, 0) is 11.4 Å². The molecule has 2 rings (SSSR count). The highest BCUT2D eigenvalue weighted by Gasteiger charge is 2.21. The van der Waals surface area contributed by atoms with Crippen molar-refractivity contribution in [2.24, 2.45) is 0 Å². The van der Waals surface area contributed by atoms with Gasteiger partial charge in [-0.25, -0.2) is 4.79 Å². The Morgan fingerprint density at radius 1 is 1.62 bits per heavy atom. The molecule has 5 nitrogen and oxygen atoms in total. The van der Waals surface area contributed by atoms with Gasteiger partial charge in [0, 0.05) is 13.1 Å². The predicted octanol–water partition coefficient (Wildman–Crippen LogP) is 0.930. The van der Waals surface area contributed by atoms with Gasteiger partial charge in [0.2, 0.25) is 0 Å². The molecule has 1 N–H and O–H groups in total. The zero-order valence-corrected chi connectivity index (χ0v) is 9.46. The number of ether oxygens (including phenoxy) is 1. The maximum atomic E-state index is 11.5. The van der Waals surface area contributed by atoms with Crippen molar-refractivity contribution < 1.29 is 14.3 Å². The summed E-state index contributed by atoms with van der Waals surface area (Å²) in [7, 11) is 0. The number of hydrogen-bond acceptors (Lipinski definition) is 4. The molecule has 6 heteroatoms. The molecular weight excluding hydrogens is 228 g/mol. The van der Waals surface area contributed by atoms with Crippen LogP contribution in [-0.4, -0.2) is 43.1 Å². The molecule has 1 aliphatic rings. The lowest BCUT2D eigenvalue weighted by Gasteiger charge is -2.12. The Balaban J connectivity index is 1.72. The van der Waals surface area contributed by atoms with Gasteiger partial charge in [-0.2, -0.15) is 0 Å². The van der Waals surface area contributed by atoms with Crippen LogP contribution >= 0.6 is 11.3 Å². The molecule has 0 atom stereocenters. The number of carbonyl (C=O) groups excluding carboxylic acids is 2. The van der Waals surface area contributed by atoms with Crippen LogP contribution in [0, 0.1) is 0 Å². The number of nitrogens with zero attached hydrogens (tertiary/aromatic N) is 1. The molecule has 0 bridgehead atoms. The molecule has 1 aliphatic heterocycles. The molecule has 1 aromatic heterocycles. The van der Waals surface area contributed by atoms with Crippen LogP contribution in [0.15, 0.2) is 17.5 Å². The summed E-state index contributed by atoms with van der Waals surface area (Å²) in [4.78, 5) is 24.9. The van der Waals surface area contributed by atoms with E-state index in [9.17, 15) is 9.59 Å². The van der Waals surface area contributed by atoms with E-state index in [1.165, 1.54) is 11.3 Å². The quantitative estimate of drug-likeness (QED) is 0.851. The molecule has 1 saturated heterocycles. The van der Waals surface area contributed by atoms with Crippen molar-refractivity contribution in [1.82, 2.24) is 10.2 Å². The number of hydrogen-bond donors (Lipinski definition) is 1. The highest BCUT2D eigenvalue weighted by Crippen LogP contribution is 2.07. The van der Waals surface area contributed by atoms with Crippen LogP contribution < -0.4 is 5.32 Å². The first-order chi connectivity index (χ1) is 7.77. The number of thiophene rings is 1. The molecule has 1 aromatic rings. The van der Waals surface area contributed by atoms with Crippen molar-refractivity contribution in [3.05, 3.63) is 22.4 Å². The molecule has 0 aliphatic carbocycles. The van der Waals surface area contributed by atoms with E-state index in [4.69, 9.17) is 4.74 Å². The number of cyclic esters (lactones) is 1. The van der Waals surface area contributed by atoms with E-state index in [1.54, 1.807) is 11.0 Å². The second kappa shape index (κ2) is 4.98. The maximum absolute atomic E-state index is 11.5. The average molecular weight is 240 g/mol. The van der Waals surface area contributed by atoms with E-state index >= 15 is 0 Å². The van der Waals surface area contributed by atoms with Crippen molar-refractivity contribution in [3.63, 3.8) is 0 Å². The van der Waals surface area contributed by atoms with Crippen molar-refractivity contribution in [1.29, 1.82) is 0 Å². The molecule has 0 radical (unpaired) electrons. The Hall–Kier alpha value is -1.56. The first-order valence-electron chi connectivity index (χ1n) is 5.01. The second-order valence-electron chi connectivity index (χ2n) is 3.33. The zero-order valence-electron chi connectivity index (χ0n) is 8.64. The fraction of sp³-hybridized carbons (Fsp3) is 0.400. The fourth-order valence-electron chi connectivity index (χ4n) is 1.43. The molecule has 0 aromatic carbocycles. The summed E-state index contributed by atoms with van der Waals surface area (Å²) < 4.78 is 4.77. The summed E-state index contributed by atoms with van der Waals surface area (Å²) in [6.45, 7) is 1.99. The summed E-state index contributed by atoms with van der Waals surface area (Å²) in [5, 5.41) is 4.61.